The minimum absolute atomic E-state index is 0.0783. The van der Waals surface area contributed by atoms with E-state index >= 15 is 0 Å². The van der Waals surface area contributed by atoms with Gasteiger partial charge in [-0.3, -0.25) is 4.79 Å². The van der Waals surface area contributed by atoms with Crippen molar-refractivity contribution < 1.29 is 22.7 Å². The first kappa shape index (κ1) is 15.6. The Morgan fingerprint density at radius 3 is 2.57 bits per heavy atom. The Bertz CT molecular complexity index is 644. The smallest absolute Gasteiger partial charge is 0.224 e. The first-order valence-electron chi connectivity index (χ1n) is 6.36. The molecule has 116 valence electrons. The number of carbonyl (C=O) groups excluding carboxylic acids is 1. The van der Waals surface area contributed by atoms with Gasteiger partial charge < -0.3 is 14.4 Å². The van der Waals surface area contributed by atoms with E-state index in [1.807, 2.05) is 0 Å². The number of benzene rings is 1. The van der Waals surface area contributed by atoms with E-state index in [-0.39, 0.29) is 25.4 Å². The molecule has 7 nitrogen and oxygen atoms in total. The lowest BCUT2D eigenvalue weighted by molar-refractivity contribution is -0.128. The number of sulfonamides is 1. The highest BCUT2D eigenvalue weighted by atomic mass is 32.2. The number of para-hydroxylation sites is 1. The van der Waals surface area contributed by atoms with Gasteiger partial charge in [-0.05, 0) is 6.07 Å². The average molecular weight is 314 g/mol. The van der Waals surface area contributed by atoms with E-state index in [1.165, 1.54) is 19.1 Å². The maximum Gasteiger partial charge on any atom is 0.224 e. The Morgan fingerprint density at radius 1 is 1.33 bits per heavy atom. The van der Waals surface area contributed by atoms with E-state index < -0.39 is 15.3 Å². The average Bonchev–Trinajstić information content (AvgIpc) is 2.80. The van der Waals surface area contributed by atoms with Crippen molar-refractivity contribution in [1.82, 2.24) is 4.90 Å². The maximum atomic E-state index is 11.9. The Morgan fingerprint density at radius 2 is 2.05 bits per heavy atom. The monoisotopic (exact) mass is 314 g/mol. The van der Waals surface area contributed by atoms with Gasteiger partial charge in [0.15, 0.2) is 11.5 Å². The second kappa shape index (κ2) is 5.90. The number of primary sulfonamides is 1. The molecule has 1 aliphatic rings. The van der Waals surface area contributed by atoms with Crippen molar-refractivity contribution in [2.24, 2.45) is 5.14 Å². The van der Waals surface area contributed by atoms with Crippen molar-refractivity contribution in [2.75, 3.05) is 20.8 Å². The number of amides is 1. The molecule has 8 heteroatoms. The summed E-state index contributed by atoms with van der Waals surface area (Å²) in [6, 6.07) is 5.34. The van der Waals surface area contributed by atoms with Crippen LogP contribution in [0.1, 0.15) is 12.0 Å². The van der Waals surface area contributed by atoms with Gasteiger partial charge in [-0.15, -0.1) is 0 Å². The number of hydrogen-bond donors (Lipinski definition) is 1. The Balaban J connectivity index is 2.21. The first-order valence-corrected chi connectivity index (χ1v) is 7.97. The molecule has 21 heavy (non-hydrogen) atoms. The molecule has 1 amide bonds. The largest absolute Gasteiger partial charge is 0.493 e. The Kier molecular flexibility index (Phi) is 4.38. The van der Waals surface area contributed by atoms with Gasteiger partial charge >= 0.3 is 0 Å². The quantitative estimate of drug-likeness (QED) is 0.830. The van der Waals surface area contributed by atoms with Crippen LogP contribution in [0.15, 0.2) is 18.2 Å². The van der Waals surface area contributed by atoms with E-state index in [0.29, 0.717) is 11.5 Å². The summed E-state index contributed by atoms with van der Waals surface area (Å²) in [4.78, 5) is 13.4. The normalized spacial score (nSPS) is 18.9. The van der Waals surface area contributed by atoms with Gasteiger partial charge in [0.1, 0.15) is 5.25 Å². The highest BCUT2D eigenvalue weighted by molar-refractivity contribution is 7.89. The van der Waals surface area contributed by atoms with Crippen molar-refractivity contribution in [2.45, 2.75) is 18.2 Å². The number of rotatable bonds is 5. The van der Waals surface area contributed by atoms with E-state index in [1.54, 1.807) is 18.2 Å². The molecule has 0 spiro atoms. The summed E-state index contributed by atoms with van der Waals surface area (Å²) in [5.74, 6) is 0.857. The van der Waals surface area contributed by atoms with Crippen molar-refractivity contribution in [1.29, 1.82) is 0 Å². The molecule has 0 saturated carbocycles. The van der Waals surface area contributed by atoms with E-state index in [0.717, 1.165) is 5.56 Å². The Hall–Kier alpha value is -1.80. The molecule has 1 aromatic rings. The van der Waals surface area contributed by atoms with E-state index in [2.05, 4.69) is 0 Å². The SMILES string of the molecule is COc1cccc(CN2CC(S(N)(=O)=O)CC2=O)c1OC. The summed E-state index contributed by atoms with van der Waals surface area (Å²) in [5, 5.41) is 4.26. The zero-order valence-electron chi connectivity index (χ0n) is 11.9. The number of carbonyl (C=O) groups is 1. The third-order valence-corrected chi connectivity index (χ3v) is 4.73. The minimum Gasteiger partial charge on any atom is -0.493 e. The van der Waals surface area contributed by atoms with Crippen LogP contribution < -0.4 is 14.6 Å². The van der Waals surface area contributed by atoms with Gasteiger partial charge in [0.25, 0.3) is 0 Å². The van der Waals surface area contributed by atoms with Crippen molar-refractivity contribution in [3.8, 4) is 11.5 Å². The van der Waals surface area contributed by atoms with Crippen LogP contribution in [-0.2, 0) is 21.4 Å². The molecule has 1 unspecified atom stereocenters. The molecule has 1 saturated heterocycles. The van der Waals surface area contributed by atoms with Crippen LogP contribution in [-0.4, -0.2) is 45.2 Å². The van der Waals surface area contributed by atoms with Crippen LogP contribution in [0.5, 0.6) is 11.5 Å². The second-order valence-corrected chi connectivity index (χ2v) is 6.69. The summed E-state index contributed by atoms with van der Waals surface area (Å²) in [7, 11) is -0.666. The van der Waals surface area contributed by atoms with Gasteiger partial charge in [-0.2, -0.15) is 0 Å². The van der Waals surface area contributed by atoms with Gasteiger partial charge in [-0.1, -0.05) is 12.1 Å². The standard InChI is InChI=1S/C13H18N2O5S/c1-19-11-5-3-4-9(13(11)20-2)7-15-8-10(6-12(15)16)21(14,17)18/h3-5,10H,6-8H2,1-2H3,(H2,14,17,18). The highest BCUT2D eigenvalue weighted by Gasteiger charge is 2.36. The molecule has 1 fully saturated rings. The number of likely N-dealkylation sites (tertiary alicyclic amines) is 1. The fourth-order valence-corrected chi connectivity index (χ4v) is 3.16. The first-order chi connectivity index (χ1) is 9.86. The van der Waals surface area contributed by atoms with Gasteiger partial charge in [0.2, 0.25) is 15.9 Å². The molecule has 0 aliphatic carbocycles. The summed E-state index contributed by atoms with van der Waals surface area (Å²) in [5.41, 5.74) is 0.750. The van der Waals surface area contributed by atoms with Crippen molar-refractivity contribution in [3.63, 3.8) is 0 Å². The van der Waals surface area contributed by atoms with Crippen LogP contribution in [0.25, 0.3) is 0 Å². The molecule has 0 bridgehead atoms. The molecule has 1 atom stereocenters. The molecule has 1 aromatic carbocycles. The number of methoxy groups -OCH3 is 2. The highest BCUT2D eigenvalue weighted by Crippen LogP contribution is 2.32. The summed E-state index contributed by atoms with van der Waals surface area (Å²) < 4.78 is 33.2. The van der Waals surface area contributed by atoms with Crippen LogP contribution in [0.3, 0.4) is 0 Å². The molecular formula is C13H18N2O5S. The predicted molar refractivity (Wildman–Crippen MR) is 76.5 cm³/mol. The topological polar surface area (TPSA) is 98.9 Å². The lowest BCUT2D eigenvalue weighted by Crippen LogP contribution is -2.32. The lowest BCUT2D eigenvalue weighted by atomic mass is 10.1. The van der Waals surface area contributed by atoms with Crippen LogP contribution >= 0.6 is 0 Å². The third-order valence-electron chi connectivity index (χ3n) is 3.49. The Labute approximate surface area is 123 Å². The third kappa shape index (κ3) is 3.27. The fourth-order valence-electron chi connectivity index (χ4n) is 2.39. The lowest BCUT2D eigenvalue weighted by Gasteiger charge is -2.19. The van der Waals surface area contributed by atoms with Gasteiger partial charge in [0, 0.05) is 25.1 Å². The number of hydrogen-bond acceptors (Lipinski definition) is 5. The van der Waals surface area contributed by atoms with E-state index in [9.17, 15) is 13.2 Å². The van der Waals surface area contributed by atoms with Crippen LogP contribution in [0, 0.1) is 0 Å². The number of nitrogens with zero attached hydrogens (tertiary/aromatic N) is 1. The number of nitrogens with two attached hydrogens (primary N) is 1. The zero-order valence-corrected chi connectivity index (χ0v) is 12.7. The molecule has 1 heterocycles. The van der Waals surface area contributed by atoms with E-state index in [4.69, 9.17) is 14.6 Å². The molecule has 0 aromatic heterocycles. The van der Waals surface area contributed by atoms with Gasteiger partial charge in [-0.25, -0.2) is 13.6 Å². The molecule has 2 rings (SSSR count). The summed E-state index contributed by atoms with van der Waals surface area (Å²) in [6.07, 6.45) is -0.0783. The van der Waals surface area contributed by atoms with Crippen molar-refractivity contribution in [3.05, 3.63) is 23.8 Å². The maximum absolute atomic E-state index is 11.9. The molecule has 0 radical (unpaired) electrons. The summed E-state index contributed by atoms with van der Waals surface area (Å²) in [6.45, 7) is 0.350. The number of ether oxygens (including phenoxy) is 2. The zero-order chi connectivity index (χ0) is 15.6. The summed E-state index contributed by atoms with van der Waals surface area (Å²) >= 11 is 0. The second-order valence-electron chi connectivity index (χ2n) is 4.84. The molecule has 1 aliphatic heterocycles. The van der Waals surface area contributed by atoms with Gasteiger partial charge in [0.05, 0.1) is 14.2 Å². The fraction of sp³-hybridized carbons (Fsp3) is 0.462. The van der Waals surface area contributed by atoms with Crippen LogP contribution in [0.2, 0.25) is 0 Å². The molecule has 2 N–H and O–H groups in total. The van der Waals surface area contributed by atoms with Crippen molar-refractivity contribution >= 4 is 15.9 Å². The van der Waals surface area contributed by atoms with Crippen LogP contribution in [0.4, 0.5) is 0 Å². The molecular weight excluding hydrogens is 296 g/mol. The predicted octanol–water partition coefficient (Wildman–Crippen LogP) is 0.0932. The minimum atomic E-state index is -3.71.